The van der Waals surface area contributed by atoms with Crippen molar-refractivity contribution in [2.24, 2.45) is 0 Å². The molecular weight excluding hydrogens is 432 g/mol. The van der Waals surface area contributed by atoms with Crippen molar-refractivity contribution < 1.29 is 0 Å². The van der Waals surface area contributed by atoms with Gasteiger partial charge >= 0.3 is 0 Å². The summed E-state index contributed by atoms with van der Waals surface area (Å²) in [5.41, 5.74) is 3.93. The molecular formula is C26H44N4S2. The number of likely N-dealkylation sites (tertiary alicyclic amines) is 1. The second-order valence-corrected chi connectivity index (χ2v) is 11.5. The van der Waals surface area contributed by atoms with Crippen molar-refractivity contribution in [3.63, 3.8) is 0 Å². The van der Waals surface area contributed by atoms with Crippen molar-refractivity contribution in [2.45, 2.75) is 85.2 Å². The molecule has 180 valence electrons. The van der Waals surface area contributed by atoms with Crippen molar-refractivity contribution in [3.05, 3.63) is 45.9 Å². The summed E-state index contributed by atoms with van der Waals surface area (Å²) >= 11 is 3.80. The zero-order chi connectivity index (χ0) is 23.7. The van der Waals surface area contributed by atoms with Crippen LogP contribution >= 0.6 is 23.3 Å². The Balaban J connectivity index is 0.000000216. The van der Waals surface area contributed by atoms with Gasteiger partial charge in [-0.3, -0.25) is 4.68 Å². The lowest BCUT2D eigenvalue weighted by molar-refractivity contribution is 0.254. The van der Waals surface area contributed by atoms with Crippen molar-refractivity contribution in [1.82, 2.24) is 14.7 Å². The van der Waals surface area contributed by atoms with E-state index in [1.807, 2.05) is 48.0 Å². The van der Waals surface area contributed by atoms with E-state index in [0.29, 0.717) is 6.04 Å². The molecule has 1 saturated heterocycles. The molecule has 1 aliphatic carbocycles. The maximum absolute atomic E-state index is 4.44. The minimum absolute atomic E-state index is 0.609. The summed E-state index contributed by atoms with van der Waals surface area (Å²) < 4.78 is 4.47. The summed E-state index contributed by atoms with van der Waals surface area (Å²) in [4.78, 5) is 5.55. The minimum Gasteiger partial charge on any atom is -0.309 e. The number of allylic oxidation sites excluding steroid dienone is 1. The Morgan fingerprint density at radius 3 is 2.47 bits per heavy atom. The number of thiophene rings is 1. The highest BCUT2D eigenvalue weighted by Crippen LogP contribution is 2.44. The maximum atomic E-state index is 4.44. The Hall–Kier alpha value is -1.24. The fourth-order valence-electron chi connectivity index (χ4n) is 4.02. The van der Waals surface area contributed by atoms with Gasteiger partial charge in [0, 0.05) is 35.3 Å². The Morgan fingerprint density at radius 2 is 1.97 bits per heavy atom. The van der Waals surface area contributed by atoms with E-state index in [9.17, 15) is 0 Å². The fraction of sp³-hybridized carbons (Fsp3) is 0.654. The first-order chi connectivity index (χ1) is 15.2. The predicted molar refractivity (Wildman–Crippen MR) is 145 cm³/mol. The highest BCUT2D eigenvalue weighted by molar-refractivity contribution is 8.00. The number of piperidine rings is 1. The van der Waals surface area contributed by atoms with Crippen molar-refractivity contribution in [3.8, 4) is 0 Å². The Morgan fingerprint density at radius 1 is 1.28 bits per heavy atom. The largest absolute Gasteiger partial charge is 0.309 e. The van der Waals surface area contributed by atoms with Crippen LogP contribution in [0.25, 0.3) is 0 Å². The topological polar surface area (TPSA) is 24.3 Å². The van der Waals surface area contributed by atoms with Gasteiger partial charge in [0.15, 0.2) is 0 Å². The normalized spacial score (nSPS) is 18.3. The molecule has 0 aromatic carbocycles. The average Bonchev–Trinajstić information content (AvgIpc) is 3.37. The summed E-state index contributed by atoms with van der Waals surface area (Å²) in [6.07, 6.45) is 12.9. The van der Waals surface area contributed by atoms with Gasteiger partial charge in [-0.2, -0.15) is 5.10 Å². The van der Waals surface area contributed by atoms with Crippen LogP contribution in [0.1, 0.15) is 74.1 Å². The first-order valence-corrected chi connectivity index (χ1v) is 14.0. The average molecular weight is 477 g/mol. The van der Waals surface area contributed by atoms with Gasteiger partial charge in [0.05, 0.1) is 17.9 Å². The standard InChI is InChI=1S/C13H24N4S.C9H12S.C4H8/c1-4-7-16-11-13(9-14-16)17(18-3)12-6-5-8-15(2)10-12;1-6-5-7(2)10-9(6)8-3-4-8;1-4(2)3/h9,11-12H,4-8,10H2,1-3H3;5,8H,3-4H2,1-2H3;1H2,2-3H3. The van der Waals surface area contributed by atoms with E-state index in [4.69, 9.17) is 0 Å². The van der Waals surface area contributed by atoms with Gasteiger partial charge in [-0.05, 0) is 90.9 Å². The van der Waals surface area contributed by atoms with Crippen molar-refractivity contribution >= 4 is 29.0 Å². The third kappa shape index (κ3) is 8.95. The molecule has 32 heavy (non-hydrogen) atoms. The third-order valence-corrected chi connectivity index (χ3v) is 7.70. The molecule has 0 amide bonds. The van der Waals surface area contributed by atoms with E-state index in [2.05, 4.69) is 67.2 Å². The number of likely N-dealkylation sites (N-methyl/N-ethyl adjacent to an activating group) is 1. The summed E-state index contributed by atoms with van der Waals surface area (Å²) in [5, 5.41) is 4.44. The number of aryl methyl sites for hydroxylation is 3. The third-order valence-electron chi connectivity index (χ3n) is 5.48. The Bertz CT molecular complexity index is 818. The van der Waals surface area contributed by atoms with Gasteiger partial charge in [-0.15, -0.1) is 17.9 Å². The smallest absolute Gasteiger partial charge is 0.0854 e. The molecule has 1 unspecified atom stereocenters. The number of nitrogens with zero attached hydrogens (tertiary/aromatic N) is 4. The number of aromatic nitrogens is 2. The molecule has 2 aromatic rings. The summed E-state index contributed by atoms with van der Waals surface area (Å²) in [6, 6.07) is 2.91. The molecule has 2 fully saturated rings. The minimum atomic E-state index is 0.609. The molecule has 1 saturated carbocycles. The van der Waals surface area contributed by atoms with E-state index in [-0.39, 0.29) is 0 Å². The van der Waals surface area contributed by atoms with Crippen LogP contribution in [0.15, 0.2) is 30.6 Å². The summed E-state index contributed by atoms with van der Waals surface area (Å²) in [7, 11) is 2.21. The molecule has 6 heteroatoms. The SMILES string of the molecule is C=C(C)C.CCCn1cc(N(SC)C2CCCN(C)C2)cn1.Cc1cc(C)c(C2CC2)s1. The lowest BCUT2D eigenvalue weighted by Gasteiger charge is -2.37. The molecule has 1 atom stereocenters. The van der Waals surface area contributed by atoms with E-state index in [1.165, 1.54) is 53.9 Å². The van der Waals surface area contributed by atoms with Crippen LogP contribution in [0.2, 0.25) is 0 Å². The highest BCUT2D eigenvalue weighted by atomic mass is 32.2. The summed E-state index contributed by atoms with van der Waals surface area (Å²) in [6.45, 7) is 17.5. The molecule has 3 heterocycles. The van der Waals surface area contributed by atoms with Crippen molar-refractivity contribution in [1.29, 1.82) is 0 Å². The van der Waals surface area contributed by atoms with Gasteiger partial charge in [-0.25, -0.2) is 0 Å². The Kier molecular flexibility index (Phi) is 11.4. The lowest BCUT2D eigenvalue weighted by Crippen LogP contribution is -2.43. The van der Waals surface area contributed by atoms with Crippen molar-refractivity contribution in [2.75, 3.05) is 30.7 Å². The zero-order valence-corrected chi connectivity index (χ0v) is 23.0. The quantitative estimate of drug-likeness (QED) is 0.322. The zero-order valence-electron chi connectivity index (χ0n) is 21.4. The first kappa shape index (κ1) is 27.0. The number of anilines is 1. The molecule has 0 bridgehead atoms. The molecule has 2 aliphatic rings. The molecule has 0 N–H and O–H groups in total. The van der Waals surface area contributed by atoms with Crippen LogP contribution < -0.4 is 4.31 Å². The molecule has 4 nitrogen and oxygen atoms in total. The molecule has 0 radical (unpaired) electrons. The van der Waals surface area contributed by atoms with Gasteiger partial charge in [0.25, 0.3) is 0 Å². The monoisotopic (exact) mass is 476 g/mol. The van der Waals surface area contributed by atoms with Crippen LogP contribution in [0, 0.1) is 13.8 Å². The maximum Gasteiger partial charge on any atom is 0.0854 e. The molecule has 0 spiro atoms. The van der Waals surface area contributed by atoms with Crippen LogP contribution in [0.5, 0.6) is 0 Å². The lowest BCUT2D eigenvalue weighted by atomic mass is 10.1. The summed E-state index contributed by atoms with van der Waals surface area (Å²) in [5.74, 6) is 0.943. The van der Waals surface area contributed by atoms with Gasteiger partial charge < -0.3 is 9.21 Å². The van der Waals surface area contributed by atoms with Crippen LogP contribution in [0.4, 0.5) is 5.69 Å². The van der Waals surface area contributed by atoms with Gasteiger partial charge in [0.2, 0.25) is 0 Å². The predicted octanol–water partition coefficient (Wildman–Crippen LogP) is 7.30. The van der Waals surface area contributed by atoms with E-state index >= 15 is 0 Å². The van der Waals surface area contributed by atoms with Crippen LogP contribution in [-0.4, -0.2) is 47.1 Å². The Labute approximate surface area is 205 Å². The van der Waals surface area contributed by atoms with E-state index < -0.39 is 0 Å². The fourth-order valence-corrected chi connectivity index (χ4v) is 6.00. The second kappa shape index (κ2) is 13.5. The van der Waals surface area contributed by atoms with Gasteiger partial charge in [0.1, 0.15) is 0 Å². The van der Waals surface area contributed by atoms with Gasteiger partial charge in [-0.1, -0.05) is 24.4 Å². The van der Waals surface area contributed by atoms with Crippen LogP contribution in [-0.2, 0) is 6.54 Å². The van der Waals surface area contributed by atoms with E-state index in [1.54, 1.807) is 4.88 Å². The van der Waals surface area contributed by atoms with E-state index in [0.717, 1.165) is 25.4 Å². The molecule has 2 aromatic heterocycles. The second-order valence-electron chi connectivity index (χ2n) is 9.41. The number of hydrogen-bond acceptors (Lipinski definition) is 5. The molecule has 4 rings (SSSR count). The molecule has 1 aliphatic heterocycles. The number of rotatable bonds is 6. The number of hydrogen-bond donors (Lipinski definition) is 0. The highest BCUT2D eigenvalue weighted by Gasteiger charge is 2.26. The first-order valence-electron chi connectivity index (χ1n) is 12.0. The van der Waals surface area contributed by atoms with Crippen LogP contribution in [0.3, 0.4) is 0 Å².